The summed E-state index contributed by atoms with van der Waals surface area (Å²) in [5.74, 6) is 1.72. The van der Waals surface area contributed by atoms with E-state index in [0.717, 1.165) is 0 Å². The molecule has 0 radical (unpaired) electrons. The number of rotatable bonds is 8. The average molecular weight is 407 g/mol. The Morgan fingerprint density at radius 1 is 0.704 bits per heavy atom. The average Bonchev–Trinajstić information content (AvgIpc) is 2.68. The van der Waals surface area contributed by atoms with E-state index in [-0.39, 0.29) is 23.3 Å². The predicted molar refractivity (Wildman–Crippen MR) is 111 cm³/mol. The maximum Gasteiger partial charge on any atom is 0.169 e. The standard InChI is InChI=1S/C22H24Cl2O3/c1-21(2,13-23)19(25)15-5-9-17(10-6-15)27-18-11-7-16(8-12-18)20(26)22(3,4)14-24/h5-12H,13-14H2,1-4H3. The molecule has 0 aliphatic rings. The zero-order valence-electron chi connectivity index (χ0n) is 16.0. The topological polar surface area (TPSA) is 43.4 Å². The minimum atomic E-state index is -0.608. The number of hydrogen-bond acceptors (Lipinski definition) is 3. The van der Waals surface area contributed by atoms with Crippen LogP contribution in [0.3, 0.4) is 0 Å². The smallest absolute Gasteiger partial charge is 0.169 e. The molecule has 0 unspecified atom stereocenters. The molecular formula is C22H24Cl2O3. The Hall–Kier alpha value is -1.84. The van der Waals surface area contributed by atoms with Gasteiger partial charge in [0.2, 0.25) is 0 Å². The Morgan fingerprint density at radius 3 is 1.26 bits per heavy atom. The van der Waals surface area contributed by atoms with Crippen molar-refractivity contribution in [1.29, 1.82) is 0 Å². The number of hydrogen-bond donors (Lipinski definition) is 0. The van der Waals surface area contributed by atoms with E-state index in [9.17, 15) is 9.59 Å². The van der Waals surface area contributed by atoms with Gasteiger partial charge in [-0.3, -0.25) is 9.59 Å². The largest absolute Gasteiger partial charge is 0.457 e. The Bertz CT molecular complexity index is 737. The van der Waals surface area contributed by atoms with E-state index in [0.29, 0.717) is 22.6 Å². The van der Waals surface area contributed by atoms with E-state index in [1.165, 1.54) is 0 Å². The second-order valence-corrected chi connectivity index (χ2v) is 8.38. The van der Waals surface area contributed by atoms with E-state index >= 15 is 0 Å². The lowest BCUT2D eigenvalue weighted by Crippen LogP contribution is -2.26. The summed E-state index contributed by atoms with van der Waals surface area (Å²) in [5.41, 5.74) is -0.0267. The zero-order chi connectivity index (χ0) is 20.2. The minimum absolute atomic E-state index is 0.00572. The van der Waals surface area contributed by atoms with Crippen LogP contribution in [0.5, 0.6) is 11.5 Å². The van der Waals surface area contributed by atoms with Gasteiger partial charge in [-0.15, -0.1) is 23.2 Å². The maximum atomic E-state index is 12.4. The molecule has 0 saturated carbocycles. The normalized spacial score (nSPS) is 11.9. The highest BCUT2D eigenvalue weighted by Crippen LogP contribution is 2.28. The van der Waals surface area contributed by atoms with E-state index in [1.54, 1.807) is 48.5 Å². The van der Waals surface area contributed by atoms with Crippen LogP contribution in [-0.2, 0) is 0 Å². The van der Waals surface area contributed by atoms with Crippen LogP contribution in [0.1, 0.15) is 48.4 Å². The summed E-state index contributed by atoms with van der Waals surface area (Å²) >= 11 is 11.7. The molecule has 0 N–H and O–H groups in total. The molecular weight excluding hydrogens is 383 g/mol. The van der Waals surface area contributed by atoms with Gasteiger partial charge < -0.3 is 4.74 Å². The van der Waals surface area contributed by atoms with Gasteiger partial charge in [0.25, 0.3) is 0 Å². The minimum Gasteiger partial charge on any atom is -0.457 e. The summed E-state index contributed by atoms with van der Waals surface area (Å²) < 4.78 is 5.80. The predicted octanol–water partition coefficient (Wildman–Crippen LogP) is 6.37. The lowest BCUT2D eigenvalue weighted by Gasteiger charge is -2.20. The van der Waals surface area contributed by atoms with Crippen LogP contribution in [-0.4, -0.2) is 23.3 Å². The highest BCUT2D eigenvalue weighted by Gasteiger charge is 2.28. The maximum absolute atomic E-state index is 12.4. The van der Waals surface area contributed by atoms with Crippen molar-refractivity contribution in [2.45, 2.75) is 27.7 Å². The molecule has 0 aromatic heterocycles. The fourth-order valence-electron chi connectivity index (χ4n) is 2.39. The molecule has 2 aromatic carbocycles. The van der Waals surface area contributed by atoms with Gasteiger partial charge in [-0.05, 0) is 48.5 Å². The summed E-state index contributed by atoms with van der Waals surface area (Å²) in [6, 6.07) is 13.9. The van der Waals surface area contributed by atoms with Crippen molar-refractivity contribution in [3.8, 4) is 11.5 Å². The number of benzene rings is 2. The molecule has 0 fully saturated rings. The Labute approximate surface area is 170 Å². The van der Waals surface area contributed by atoms with Crippen LogP contribution in [0.4, 0.5) is 0 Å². The molecule has 0 atom stereocenters. The van der Waals surface area contributed by atoms with Crippen molar-refractivity contribution in [1.82, 2.24) is 0 Å². The van der Waals surface area contributed by atoms with Crippen molar-refractivity contribution in [3.05, 3.63) is 59.7 Å². The van der Waals surface area contributed by atoms with Crippen LogP contribution in [0.15, 0.2) is 48.5 Å². The fraction of sp³-hybridized carbons (Fsp3) is 0.364. The second-order valence-electron chi connectivity index (χ2n) is 7.84. The number of Topliss-reactive ketones (excluding diaryl/α,β-unsaturated/α-hetero) is 2. The molecule has 144 valence electrons. The summed E-state index contributed by atoms with van der Waals surface area (Å²) in [6.07, 6.45) is 0. The number of ether oxygens (including phenoxy) is 1. The summed E-state index contributed by atoms with van der Waals surface area (Å²) in [4.78, 5) is 24.8. The number of carbonyl (C=O) groups excluding carboxylic acids is 2. The van der Waals surface area contributed by atoms with E-state index in [1.807, 2.05) is 27.7 Å². The summed E-state index contributed by atoms with van der Waals surface area (Å²) in [7, 11) is 0. The number of alkyl halides is 2. The first-order valence-corrected chi connectivity index (χ1v) is 9.77. The molecule has 3 nitrogen and oxygen atoms in total. The van der Waals surface area contributed by atoms with Crippen molar-refractivity contribution < 1.29 is 14.3 Å². The van der Waals surface area contributed by atoms with Crippen LogP contribution < -0.4 is 4.74 Å². The molecule has 0 saturated heterocycles. The highest BCUT2D eigenvalue weighted by atomic mass is 35.5. The third kappa shape index (κ3) is 5.12. The number of ketones is 2. The van der Waals surface area contributed by atoms with Crippen LogP contribution in [0.25, 0.3) is 0 Å². The fourth-order valence-corrected chi connectivity index (χ4v) is 2.63. The zero-order valence-corrected chi connectivity index (χ0v) is 17.5. The van der Waals surface area contributed by atoms with E-state index < -0.39 is 10.8 Å². The quantitative estimate of drug-likeness (QED) is 0.377. The van der Waals surface area contributed by atoms with Gasteiger partial charge in [0.15, 0.2) is 11.6 Å². The first-order chi connectivity index (χ1) is 12.6. The third-order valence-corrected chi connectivity index (χ3v) is 5.70. The molecule has 5 heteroatoms. The monoisotopic (exact) mass is 406 g/mol. The van der Waals surface area contributed by atoms with Crippen LogP contribution in [0, 0.1) is 10.8 Å². The number of halogens is 2. The van der Waals surface area contributed by atoms with Crippen molar-refractivity contribution in [3.63, 3.8) is 0 Å². The molecule has 0 heterocycles. The first kappa shape index (κ1) is 21.5. The Kier molecular flexibility index (Phi) is 6.72. The van der Waals surface area contributed by atoms with Gasteiger partial charge in [-0.2, -0.15) is 0 Å². The summed E-state index contributed by atoms with van der Waals surface area (Å²) in [5, 5.41) is 0. The molecule has 0 aliphatic carbocycles. The van der Waals surface area contributed by atoms with Gasteiger partial charge in [0, 0.05) is 33.7 Å². The molecule has 0 bridgehead atoms. The molecule has 0 aliphatic heterocycles. The molecule has 27 heavy (non-hydrogen) atoms. The molecule has 2 aromatic rings. The summed E-state index contributed by atoms with van der Waals surface area (Å²) in [6.45, 7) is 7.28. The molecule has 2 rings (SSSR count). The van der Waals surface area contributed by atoms with Crippen molar-refractivity contribution in [2.24, 2.45) is 10.8 Å². The van der Waals surface area contributed by atoms with Gasteiger partial charge >= 0.3 is 0 Å². The second kappa shape index (κ2) is 8.45. The lowest BCUT2D eigenvalue weighted by molar-refractivity contribution is 0.0856. The van der Waals surface area contributed by atoms with Gasteiger partial charge in [0.1, 0.15) is 11.5 Å². The first-order valence-electron chi connectivity index (χ1n) is 8.70. The number of carbonyl (C=O) groups is 2. The SMILES string of the molecule is CC(C)(CCl)C(=O)c1ccc(Oc2ccc(C(=O)C(C)(C)CCl)cc2)cc1. The third-order valence-electron chi connectivity index (χ3n) is 4.37. The van der Waals surface area contributed by atoms with E-state index in [4.69, 9.17) is 27.9 Å². The van der Waals surface area contributed by atoms with Gasteiger partial charge in [-0.1, -0.05) is 27.7 Å². The van der Waals surface area contributed by atoms with Crippen molar-refractivity contribution >= 4 is 34.8 Å². The molecule has 0 spiro atoms. The Morgan fingerprint density at radius 2 is 1.00 bits per heavy atom. The van der Waals surface area contributed by atoms with Gasteiger partial charge in [-0.25, -0.2) is 0 Å². The van der Waals surface area contributed by atoms with E-state index in [2.05, 4.69) is 0 Å². The van der Waals surface area contributed by atoms with Crippen LogP contribution >= 0.6 is 23.2 Å². The lowest BCUT2D eigenvalue weighted by atomic mass is 9.86. The van der Waals surface area contributed by atoms with Gasteiger partial charge in [0.05, 0.1) is 0 Å². The highest BCUT2D eigenvalue weighted by molar-refractivity contribution is 6.21. The molecule has 0 amide bonds. The Balaban J connectivity index is 2.10. The van der Waals surface area contributed by atoms with Crippen LogP contribution in [0.2, 0.25) is 0 Å². The van der Waals surface area contributed by atoms with Crippen molar-refractivity contribution in [2.75, 3.05) is 11.8 Å².